The van der Waals surface area contributed by atoms with Gasteiger partial charge in [0.25, 0.3) is 0 Å². The first-order chi connectivity index (χ1) is 24.2. The molecule has 51 heavy (non-hydrogen) atoms. The molecule has 3 fully saturated rings. The highest BCUT2D eigenvalue weighted by atomic mass is 16.8. The summed E-state index contributed by atoms with van der Waals surface area (Å²) < 4.78 is 71.2. The molecule has 2 aromatic rings. The van der Waals surface area contributed by atoms with Crippen LogP contribution in [0.2, 0.25) is 0 Å². The molecule has 12 heteroatoms. The third kappa shape index (κ3) is 12.4. The van der Waals surface area contributed by atoms with Crippen LogP contribution in [0.4, 0.5) is 0 Å². The zero-order valence-corrected chi connectivity index (χ0v) is 31.4. The second kappa shape index (κ2) is 17.4. The van der Waals surface area contributed by atoms with Gasteiger partial charge in [0.2, 0.25) is 0 Å². The molecule has 3 heterocycles. The van der Waals surface area contributed by atoms with E-state index < -0.39 is 22.8 Å². The molecular formula is C39H56O12. The SMILES string of the molecule is COc1cc(/C=C/c2ccc(OCC3(COC(COCC4COC(C)(C)O4)COCC4COC(C)(C)O4)COC(C)(C)OC3)cc2)cc(OC)c1. The molecule has 0 spiro atoms. The lowest BCUT2D eigenvalue weighted by Gasteiger charge is -2.43. The maximum atomic E-state index is 6.52. The summed E-state index contributed by atoms with van der Waals surface area (Å²) >= 11 is 0. The van der Waals surface area contributed by atoms with E-state index in [1.165, 1.54) is 0 Å². The average Bonchev–Trinajstić information content (AvgIpc) is 3.65. The monoisotopic (exact) mass is 716 g/mol. The summed E-state index contributed by atoms with van der Waals surface area (Å²) in [5, 5.41) is 0. The van der Waals surface area contributed by atoms with Gasteiger partial charge in [-0.05, 0) is 76.9 Å². The molecule has 0 radical (unpaired) electrons. The minimum Gasteiger partial charge on any atom is -0.497 e. The van der Waals surface area contributed by atoms with Gasteiger partial charge in [-0.3, -0.25) is 0 Å². The van der Waals surface area contributed by atoms with Crippen LogP contribution in [-0.2, 0) is 42.6 Å². The Labute approximate surface area is 302 Å². The molecule has 284 valence electrons. The van der Waals surface area contributed by atoms with Gasteiger partial charge in [-0.25, -0.2) is 0 Å². The largest absolute Gasteiger partial charge is 0.497 e. The summed E-state index contributed by atoms with van der Waals surface area (Å²) in [6.45, 7) is 15.1. The van der Waals surface area contributed by atoms with Crippen molar-refractivity contribution in [2.24, 2.45) is 5.41 Å². The van der Waals surface area contributed by atoms with Crippen molar-refractivity contribution in [1.82, 2.24) is 0 Å². The molecule has 0 N–H and O–H groups in total. The highest BCUT2D eigenvalue weighted by Gasteiger charge is 2.42. The fourth-order valence-corrected chi connectivity index (χ4v) is 5.77. The highest BCUT2D eigenvalue weighted by molar-refractivity contribution is 5.71. The van der Waals surface area contributed by atoms with E-state index >= 15 is 0 Å². The Hall–Kier alpha value is -2.78. The van der Waals surface area contributed by atoms with Crippen molar-refractivity contribution in [2.45, 2.75) is 77.2 Å². The zero-order valence-electron chi connectivity index (χ0n) is 31.4. The van der Waals surface area contributed by atoms with Crippen molar-refractivity contribution in [1.29, 1.82) is 0 Å². The topological polar surface area (TPSA) is 111 Å². The summed E-state index contributed by atoms with van der Waals surface area (Å²) in [7, 11) is 3.28. The van der Waals surface area contributed by atoms with E-state index in [4.69, 9.17) is 56.8 Å². The van der Waals surface area contributed by atoms with Gasteiger partial charge < -0.3 is 56.8 Å². The standard InChI is InChI=1S/C39H56O12/c1-36(2)48-26-39(27-49-36,24-44-30-13-11-28(12-14-30)9-10-29-15-31(40-7)17-32(16-29)41-8)25-45-33(18-42-20-34-22-46-37(3,4)50-34)19-43-21-35-23-47-38(5,6)51-35/h9-17,33-35H,18-27H2,1-8H3/b10-9+. The van der Waals surface area contributed by atoms with E-state index in [-0.39, 0.29) is 18.3 Å². The minimum absolute atomic E-state index is 0.151. The molecule has 5 rings (SSSR count). The Bertz CT molecular complexity index is 1340. The van der Waals surface area contributed by atoms with Gasteiger partial charge in [-0.15, -0.1) is 0 Å². The molecule has 0 aliphatic carbocycles. The van der Waals surface area contributed by atoms with E-state index in [1.54, 1.807) is 14.2 Å². The highest BCUT2D eigenvalue weighted by Crippen LogP contribution is 2.32. The molecule has 2 unspecified atom stereocenters. The molecule has 0 bridgehead atoms. The normalized spacial score (nSPS) is 24.1. The quantitative estimate of drug-likeness (QED) is 0.176. The Balaban J connectivity index is 1.19. The van der Waals surface area contributed by atoms with Gasteiger partial charge in [0.05, 0.1) is 79.1 Å². The molecule has 3 saturated heterocycles. The van der Waals surface area contributed by atoms with Crippen molar-refractivity contribution in [3.05, 3.63) is 53.6 Å². The lowest BCUT2D eigenvalue weighted by Crippen LogP contribution is -2.52. The molecule has 2 atom stereocenters. The Kier molecular flexibility index (Phi) is 13.4. The van der Waals surface area contributed by atoms with E-state index in [0.29, 0.717) is 66.1 Å². The van der Waals surface area contributed by atoms with E-state index in [1.807, 2.05) is 96.2 Å². The van der Waals surface area contributed by atoms with Crippen LogP contribution in [0.5, 0.6) is 17.2 Å². The van der Waals surface area contributed by atoms with Crippen LogP contribution in [0, 0.1) is 5.41 Å². The van der Waals surface area contributed by atoms with Crippen molar-refractivity contribution in [3.8, 4) is 17.2 Å². The minimum atomic E-state index is -0.704. The van der Waals surface area contributed by atoms with Crippen LogP contribution in [0.25, 0.3) is 12.2 Å². The number of rotatable bonds is 18. The van der Waals surface area contributed by atoms with Gasteiger partial charge in [-0.1, -0.05) is 24.3 Å². The summed E-state index contributed by atoms with van der Waals surface area (Å²) in [6.07, 6.45) is 3.37. The van der Waals surface area contributed by atoms with Gasteiger partial charge in [-0.2, -0.15) is 0 Å². The summed E-state index contributed by atoms with van der Waals surface area (Å²) in [5.41, 5.74) is 1.42. The fraction of sp³-hybridized carbons (Fsp3) is 0.641. The van der Waals surface area contributed by atoms with Crippen molar-refractivity contribution in [3.63, 3.8) is 0 Å². The maximum Gasteiger partial charge on any atom is 0.163 e. The first kappa shape index (κ1) is 39.4. The Morgan fingerprint density at radius 1 is 0.647 bits per heavy atom. The first-order valence-corrected chi connectivity index (χ1v) is 17.6. The predicted molar refractivity (Wildman–Crippen MR) is 190 cm³/mol. The molecule has 2 aromatic carbocycles. The molecule has 0 saturated carbocycles. The maximum absolute atomic E-state index is 6.52. The Morgan fingerprint density at radius 2 is 1.18 bits per heavy atom. The fourth-order valence-electron chi connectivity index (χ4n) is 5.77. The lowest BCUT2D eigenvalue weighted by molar-refractivity contribution is -0.298. The number of benzene rings is 2. The van der Waals surface area contributed by atoms with E-state index in [9.17, 15) is 0 Å². The molecule has 0 aromatic heterocycles. The van der Waals surface area contributed by atoms with Crippen LogP contribution in [0.1, 0.15) is 52.7 Å². The van der Waals surface area contributed by atoms with Gasteiger partial charge in [0.15, 0.2) is 17.4 Å². The lowest BCUT2D eigenvalue weighted by atomic mass is 9.90. The molecule has 3 aliphatic heterocycles. The van der Waals surface area contributed by atoms with Crippen LogP contribution in [0.15, 0.2) is 42.5 Å². The zero-order chi connectivity index (χ0) is 36.5. The third-order valence-electron chi connectivity index (χ3n) is 8.69. The third-order valence-corrected chi connectivity index (χ3v) is 8.69. The molecular weight excluding hydrogens is 660 g/mol. The van der Waals surface area contributed by atoms with E-state index in [2.05, 4.69) is 0 Å². The summed E-state index contributed by atoms with van der Waals surface area (Å²) in [6, 6.07) is 13.7. The van der Waals surface area contributed by atoms with Gasteiger partial charge >= 0.3 is 0 Å². The Morgan fingerprint density at radius 3 is 1.67 bits per heavy atom. The predicted octanol–water partition coefficient (Wildman–Crippen LogP) is 5.74. The first-order valence-electron chi connectivity index (χ1n) is 17.6. The second-order valence-corrected chi connectivity index (χ2v) is 14.7. The number of methoxy groups -OCH3 is 2. The van der Waals surface area contributed by atoms with Gasteiger partial charge in [0, 0.05) is 6.07 Å². The van der Waals surface area contributed by atoms with Crippen LogP contribution in [-0.4, -0.2) is 116 Å². The number of hydrogen-bond donors (Lipinski definition) is 0. The number of hydrogen-bond acceptors (Lipinski definition) is 12. The van der Waals surface area contributed by atoms with Crippen LogP contribution < -0.4 is 14.2 Å². The van der Waals surface area contributed by atoms with Crippen LogP contribution >= 0.6 is 0 Å². The van der Waals surface area contributed by atoms with Crippen LogP contribution in [0.3, 0.4) is 0 Å². The van der Waals surface area contributed by atoms with Crippen molar-refractivity contribution >= 4 is 12.2 Å². The molecule has 12 nitrogen and oxygen atoms in total. The van der Waals surface area contributed by atoms with Crippen molar-refractivity contribution < 1.29 is 56.8 Å². The summed E-state index contributed by atoms with van der Waals surface area (Å²) in [5.74, 6) is 0.256. The second-order valence-electron chi connectivity index (χ2n) is 14.7. The average molecular weight is 717 g/mol. The molecule has 0 amide bonds. The van der Waals surface area contributed by atoms with E-state index in [0.717, 1.165) is 28.4 Å². The number of ether oxygens (including phenoxy) is 12. The summed E-state index contributed by atoms with van der Waals surface area (Å²) in [4.78, 5) is 0. The van der Waals surface area contributed by atoms with Crippen molar-refractivity contribution in [2.75, 3.05) is 80.3 Å². The smallest absolute Gasteiger partial charge is 0.163 e. The molecule has 3 aliphatic rings. The van der Waals surface area contributed by atoms with Gasteiger partial charge in [0.1, 0.15) is 42.2 Å².